The number of unbranched alkanes of at least 4 members (excludes halogenated alkanes) is 5. The van der Waals surface area contributed by atoms with Crippen molar-refractivity contribution in [1.29, 1.82) is 0 Å². The monoisotopic (exact) mass is 282 g/mol. The van der Waals surface area contributed by atoms with Gasteiger partial charge in [-0.25, -0.2) is 0 Å². The number of piperidine rings is 1. The Balaban J connectivity index is 2.31. The molecule has 0 bridgehead atoms. The SMILES string of the molecule is CCCCCCCCC(N)C(C)(CC)N1CCCCC1. The molecule has 0 spiro atoms. The summed E-state index contributed by atoms with van der Waals surface area (Å²) in [5.41, 5.74) is 6.82. The van der Waals surface area contributed by atoms with E-state index in [0.717, 1.165) is 0 Å². The Morgan fingerprint density at radius 2 is 1.55 bits per heavy atom. The van der Waals surface area contributed by atoms with E-state index in [1.54, 1.807) is 0 Å². The van der Waals surface area contributed by atoms with Crippen LogP contribution in [0.3, 0.4) is 0 Å². The van der Waals surface area contributed by atoms with Gasteiger partial charge in [-0.15, -0.1) is 0 Å². The fourth-order valence-electron chi connectivity index (χ4n) is 3.58. The molecule has 1 heterocycles. The first kappa shape index (κ1) is 18.0. The smallest absolute Gasteiger partial charge is 0.0329 e. The van der Waals surface area contributed by atoms with Gasteiger partial charge in [0.05, 0.1) is 0 Å². The largest absolute Gasteiger partial charge is 0.326 e. The quantitative estimate of drug-likeness (QED) is 0.587. The lowest BCUT2D eigenvalue weighted by Gasteiger charge is -2.47. The minimum Gasteiger partial charge on any atom is -0.326 e. The number of nitrogens with two attached hydrogens (primary N) is 1. The molecule has 0 saturated carbocycles. The summed E-state index contributed by atoms with van der Waals surface area (Å²) in [5.74, 6) is 0. The summed E-state index contributed by atoms with van der Waals surface area (Å²) < 4.78 is 0. The van der Waals surface area contributed by atoms with Crippen LogP contribution in [0.1, 0.15) is 91.4 Å². The summed E-state index contributed by atoms with van der Waals surface area (Å²) in [6.45, 7) is 9.51. The summed E-state index contributed by atoms with van der Waals surface area (Å²) in [6, 6.07) is 0.344. The van der Waals surface area contributed by atoms with E-state index in [9.17, 15) is 0 Å². The van der Waals surface area contributed by atoms with Crippen molar-refractivity contribution in [3.63, 3.8) is 0 Å². The van der Waals surface area contributed by atoms with Crippen LogP contribution in [0.15, 0.2) is 0 Å². The third-order valence-electron chi connectivity index (χ3n) is 5.46. The minimum atomic E-state index is 0.226. The Morgan fingerprint density at radius 3 is 2.15 bits per heavy atom. The van der Waals surface area contributed by atoms with Crippen molar-refractivity contribution in [1.82, 2.24) is 4.90 Å². The van der Waals surface area contributed by atoms with Gasteiger partial charge >= 0.3 is 0 Å². The van der Waals surface area contributed by atoms with Gasteiger partial charge in [0, 0.05) is 11.6 Å². The van der Waals surface area contributed by atoms with Crippen LogP contribution < -0.4 is 5.73 Å². The molecule has 2 nitrogen and oxygen atoms in total. The molecule has 20 heavy (non-hydrogen) atoms. The highest BCUT2D eigenvalue weighted by molar-refractivity contribution is 4.95. The predicted molar refractivity (Wildman–Crippen MR) is 90.1 cm³/mol. The predicted octanol–water partition coefficient (Wildman–Crippen LogP) is 4.72. The molecule has 2 unspecified atom stereocenters. The van der Waals surface area contributed by atoms with Crippen molar-refractivity contribution in [2.45, 2.75) is 103 Å². The molecule has 1 aliphatic rings. The third-order valence-corrected chi connectivity index (χ3v) is 5.46. The van der Waals surface area contributed by atoms with Crippen LogP contribution in [0.4, 0.5) is 0 Å². The van der Waals surface area contributed by atoms with E-state index < -0.39 is 0 Å². The zero-order chi connectivity index (χ0) is 14.8. The summed E-state index contributed by atoms with van der Waals surface area (Å²) >= 11 is 0. The topological polar surface area (TPSA) is 29.3 Å². The lowest BCUT2D eigenvalue weighted by molar-refractivity contribution is 0.0514. The molecular formula is C18H38N2. The first-order valence-electron chi connectivity index (χ1n) is 9.15. The van der Waals surface area contributed by atoms with Crippen molar-refractivity contribution in [2.75, 3.05) is 13.1 Å². The van der Waals surface area contributed by atoms with Gasteiger partial charge in [0.25, 0.3) is 0 Å². The van der Waals surface area contributed by atoms with Gasteiger partial charge in [0.1, 0.15) is 0 Å². The van der Waals surface area contributed by atoms with Gasteiger partial charge in [-0.2, -0.15) is 0 Å². The third kappa shape index (κ3) is 5.37. The van der Waals surface area contributed by atoms with Crippen LogP contribution in [0.2, 0.25) is 0 Å². The normalized spacial score (nSPS) is 21.6. The maximum Gasteiger partial charge on any atom is 0.0329 e. The van der Waals surface area contributed by atoms with E-state index in [4.69, 9.17) is 5.73 Å². The summed E-state index contributed by atoms with van der Waals surface area (Å²) in [6.07, 6.45) is 14.7. The number of hydrogen-bond donors (Lipinski definition) is 1. The average Bonchev–Trinajstić information content (AvgIpc) is 2.50. The average molecular weight is 283 g/mol. The van der Waals surface area contributed by atoms with Crippen LogP contribution in [-0.4, -0.2) is 29.6 Å². The van der Waals surface area contributed by atoms with E-state index in [1.807, 2.05) is 0 Å². The molecule has 1 fully saturated rings. The molecule has 2 atom stereocenters. The Kier molecular flexibility index (Phi) is 8.79. The Bertz CT molecular complexity index is 236. The van der Waals surface area contributed by atoms with E-state index in [2.05, 4.69) is 25.7 Å². The van der Waals surface area contributed by atoms with Crippen molar-refractivity contribution < 1.29 is 0 Å². The maximum absolute atomic E-state index is 6.59. The molecule has 1 aliphatic heterocycles. The van der Waals surface area contributed by atoms with Crippen molar-refractivity contribution >= 4 is 0 Å². The molecule has 0 aromatic heterocycles. The maximum atomic E-state index is 6.59. The summed E-state index contributed by atoms with van der Waals surface area (Å²) in [7, 11) is 0. The lowest BCUT2D eigenvalue weighted by atomic mass is 9.83. The van der Waals surface area contributed by atoms with Gasteiger partial charge in [0.2, 0.25) is 0 Å². The molecule has 120 valence electrons. The number of likely N-dealkylation sites (tertiary alicyclic amines) is 1. The van der Waals surface area contributed by atoms with E-state index in [0.29, 0.717) is 6.04 Å². The molecular weight excluding hydrogens is 244 g/mol. The van der Waals surface area contributed by atoms with Crippen molar-refractivity contribution in [3.05, 3.63) is 0 Å². The zero-order valence-electron chi connectivity index (χ0n) is 14.3. The highest BCUT2D eigenvalue weighted by atomic mass is 15.2. The minimum absolute atomic E-state index is 0.226. The van der Waals surface area contributed by atoms with E-state index in [1.165, 1.54) is 83.7 Å². The molecule has 2 N–H and O–H groups in total. The number of rotatable bonds is 10. The lowest BCUT2D eigenvalue weighted by Crippen LogP contribution is -2.59. The number of hydrogen-bond acceptors (Lipinski definition) is 2. The molecule has 1 rings (SSSR count). The second-order valence-electron chi connectivity index (χ2n) is 6.92. The Morgan fingerprint density at radius 1 is 0.950 bits per heavy atom. The molecule has 2 heteroatoms. The van der Waals surface area contributed by atoms with Crippen molar-refractivity contribution in [2.24, 2.45) is 5.73 Å². The Hall–Kier alpha value is -0.0800. The first-order chi connectivity index (χ1) is 9.65. The second-order valence-corrected chi connectivity index (χ2v) is 6.92. The summed E-state index contributed by atoms with van der Waals surface area (Å²) in [4.78, 5) is 2.68. The Labute approximate surface area is 127 Å². The van der Waals surface area contributed by atoms with Crippen LogP contribution >= 0.6 is 0 Å². The van der Waals surface area contributed by atoms with Gasteiger partial charge in [-0.1, -0.05) is 58.8 Å². The highest BCUT2D eigenvalue weighted by Gasteiger charge is 2.36. The van der Waals surface area contributed by atoms with Crippen molar-refractivity contribution in [3.8, 4) is 0 Å². The fraction of sp³-hybridized carbons (Fsp3) is 1.00. The summed E-state index contributed by atoms with van der Waals surface area (Å²) in [5, 5.41) is 0. The molecule has 0 amide bonds. The molecule has 0 radical (unpaired) electrons. The zero-order valence-corrected chi connectivity index (χ0v) is 14.3. The van der Waals surface area contributed by atoms with Gasteiger partial charge in [0.15, 0.2) is 0 Å². The van der Waals surface area contributed by atoms with Gasteiger partial charge < -0.3 is 5.73 Å². The fourth-order valence-corrected chi connectivity index (χ4v) is 3.58. The molecule has 0 aliphatic carbocycles. The highest BCUT2D eigenvalue weighted by Crippen LogP contribution is 2.28. The van der Waals surface area contributed by atoms with Crippen LogP contribution in [0.25, 0.3) is 0 Å². The van der Waals surface area contributed by atoms with Gasteiger partial charge in [-0.3, -0.25) is 4.90 Å². The van der Waals surface area contributed by atoms with Crippen LogP contribution in [-0.2, 0) is 0 Å². The van der Waals surface area contributed by atoms with Crippen LogP contribution in [0.5, 0.6) is 0 Å². The molecule has 0 aromatic carbocycles. The second kappa shape index (κ2) is 9.78. The molecule has 0 aromatic rings. The first-order valence-corrected chi connectivity index (χ1v) is 9.15. The standard InChI is InChI=1S/C18H38N2/c1-4-6-7-8-9-11-14-17(19)18(3,5-2)20-15-12-10-13-16-20/h17H,4-16,19H2,1-3H3. The van der Waals surface area contributed by atoms with Crippen LogP contribution in [0, 0.1) is 0 Å². The van der Waals surface area contributed by atoms with E-state index in [-0.39, 0.29) is 5.54 Å². The van der Waals surface area contributed by atoms with E-state index >= 15 is 0 Å². The van der Waals surface area contributed by atoms with Gasteiger partial charge in [-0.05, 0) is 45.7 Å². The number of nitrogens with zero attached hydrogens (tertiary/aromatic N) is 1. The molecule has 1 saturated heterocycles.